The quantitative estimate of drug-likeness (QED) is 0.616. The molecule has 1 aromatic carbocycles. The van der Waals surface area contributed by atoms with Crippen LogP contribution in [0.2, 0.25) is 0 Å². The topological polar surface area (TPSA) is 70.7 Å². The Balaban J connectivity index is 1.45. The summed E-state index contributed by atoms with van der Waals surface area (Å²) in [5.74, 6) is 0.527. The molecule has 0 bridgehead atoms. The van der Waals surface area contributed by atoms with Crippen molar-refractivity contribution in [3.05, 3.63) is 35.9 Å². The predicted molar refractivity (Wildman–Crippen MR) is 121 cm³/mol. The molecule has 6 nitrogen and oxygen atoms in total. The van der Waals surface area contributed by atoms with E-state index >= 15 is 0 Å². The molecule has 3 aliphatic rings. The van der Waals surface area contributed by atoms with Gasteiger partial charge in [-0.25, -0.2) is 4.79 Å². The molecule has 0 radical (unpaired) electrons. The van der Waals surface area contributed by atoms with Crippen molar-refractivity contribution < 1.29 is 14.3 Å². The zero-order valence-corrected chi connectivity index (χ0v) is 18.6. The minimum Gasteiger partial charge on any atom is -0.462 e. The van der Waals surface area contributed by atoms with E-state index in [1.165, 1.54) is 19.3 Å². The number of rotatable bonds is 8. The average molecular weight is 428 g/mol. The molecule has 3 fully saturated rings. The Bertz CT molecular complexity index is 729. The molecule has 2 amide bonds. The first-order valence-electron chi connectivity index (χ1n) is 12.2. The fourth-order valence-corrected chi connectivity index (χ4v) is 5.52. The maximum absolute atomic E-state index is 12.9. The number of carbonyl (C=O) groups excluding carboxylic acids is 2. The highest BCUT2D eigenvalue weighted by atomic mass is 16.5. The number of nitrogens with zero attached hydrogens (tertiary/aromatic N) is 1. The van der Waals surface area contributed by atoms with E-state index in [9.17, 15) is 9.59 Å². The second kappa shape index (κ2) is 10.5. The van der Waals surface area contributed by atoms with E-state index in [-0.39, 0.29) is 18.1 Å². The summed E-state index contributed by atoms with van der Waals surface area (Å²) in [5, 5.41) is 6.49. The van der Waals surface area contributed by atoms with Crippen LogP contribution in [0.25, 0.3) is 0 Å². The Morgan fingerprint density at radius 3 is 2.55 bits per heavy atom. The molecule has 0 aromatic heterocycles. The molecule has 1 saturated carbocycles. The molecule has 0 spiro atoms. The SMILES string of the molecule is O=C(CCC1(c2ccccc2)CNC(=O)N1CCC1CCNCC1)OC1CCCCC1. The first kappa shape index (κ1) is 22.1. The lowest BCUT2D eigenvalue weighted by Gasteiger charge is -2.38. The van der Waals surface area contributed by atoms with E-state index in [1.807, 2.05) is 23.1 Å². The van der Waals surface area contributed by atoms with Crippen molar-refractivity contribution in [3.63, 3.8) is 0 Å². The molecular weight excluding hydrogens is 390 g/mol. The monoisotopic (exact) mass is 427 g/mol. The Labute approximate surface area is 186 Å². The van der Waals surface area contributed by atoms with Gasteiger partial charge in [0.2, 0.25) is 0 Å². The van der Waals surface area contributed by atoms with Gasteiger partial charge < -0.3 is 20.3 Å². The third-order valence-electron chi connectivity index (χ3n) is 7.42. The molecule has 1 unspecified atom stereocenters. The Hall–Kier alpha value is -2.08. The molecule has 1 aliphatic carbocycles. The maximum Gasteiger partial charge on any atom is 0.318 e. The van der Waals surface area contributed by atoms with Gasteiger partial charge in [0.05, 0.1) is 5.54 Å². The highest BCUT2D eigenvalue weighted by Gasteiger charge is 2.46. The molecule has 2 heterocycles. The standard InChI is InChI=1S/C25H37N3O3/c29-23(31-22-9-5-2-6-10-22)11-15-25(21-7-3-1-4-8-21)19-27-24(30)28(25)18-14-20-12-16-26-17-13-20/h1,3-4,7-8,20,22,26H,2,5-6,9-19H2,(H,27,30). The van der Waals surface area contributed by atoms with Crippen LogP contribution in [0.1, 0.15) is 69.8 Å². The van der Waals surface area contributed by atoms with E-state index in [4.69, 9.17) is 4.74 Å². The smallest absolute Gasteiger partial charge is 0.318 e. The summed E-state index contributed by atoms with van der Waals surface area (Å²) < 4.78 is 5.78. The van der Waals surface area contributed by atoms with E-state index in [1.54, 1.807) is 0 Å². The van der Waals surface area contributed by atoms with Crippen molar-refractivity contribution in [2.45, 2.75) is 75.9 Å². The summed E-state index contributed by atoms with van der Waals surface area (Å²) in [7, 11) is 0. The van der Waals surface area contributed by atoms with Gasteiger partial charge in [-0.05, 0) is 75.9 Å². The third-order valence-corrected chi connectivity index (χ3v) is 7.42. The van der Waals surface area contributed by atoms with Crippen LogP contribution in [0.5, 0.6) is 0 Å². The molecule has 2 N–H and O–H groups in total. The Morgan fingerprint density at radius 1 is 1.06 bits per heavy atom. The molecule has 2 saturated heterocycles. The number of benzene rings is 1. The van der Waals surface area contributed by atoms with Crippen molar-refractivity contribution in [3.8, 4) is 0 Å². The largest absolute Gasteiger partial charge is 0.462 e. The summed E-state index contributed by atoms with van der Waals surface area (Å²) >= 11 is 0. The van der Waals surface area contributed by atoms with E-state index in [0.717, 1.165) is 57.3 Å². The van der Waals surface area contributed by atoms with Crippen molar-refractivity contribution in [2.24, 2.45) is 5.92 Å². The zero-order valence-electron chi connectivity index (χ0n) is 18.6. The van der Waals surface area contributed by atoms with Crippen LogP contribution in [-0.4, -0.2) is 49.2 Å². The van der Waals surface area contributed by atoms with Gasteiger partial charge in [-0.2, -0.15) is 0 Å². The van der Waals surface area contributed by atoms with Crippen LogP contribution in [-0.2, 0) is 15.1 Å². The summed E-state index contributed by atoms with van der Waals surface area (Å²) in [4.78, 5) is 27.6. The van der Waals surface area contributed by atoms with Gasteiger partial charge in [0.1, 0.15) is 6.10 Å². The molecule has 2 aliphatic heterocycles. The zero-order chi connectivity index (χ0) is 21.5. The third kappa shape index (κ3) is 5.40. The Morgan fingerprint density at radius 2 is 1.81 bits per heavy atom. The van der Waals surface area contributed by atoms with E-state index < -0.39 is 5.54 Å². The number of hydrogen-bond donors (Lipinski definition) is 2. The molecule has 31 heavy (non-hydrogen) atoms. The fourth-order valence-electron chi connectivity index (χ4n) is 5.52. The number of nitrogens with one attached hydrogen (secondary N) is 2. The molecule has 1 aromatic rings. The number of urea groups is 1. The van der Waals surface area contributed by atoms with Gasteiger partial charge in [-0.3, -0.25) is 4.79 Å². The number of carbonyl (C=O) groups is 2. The number of esters is 1. The van der Waals surface area contributed by atoms with Gasteiger partial charge in [-0.15, -0.1) is 0 Å². The Kier molecular flexibility index (Phi) is 7.49. The highest BCUT2D eigenvalue weighted by Crippen LogP contribution is 2.38. The fraction of sp³-hybridized carbons (Fsp3) is 0.680. The lowest BCUT2D eigenvalue weighted by Crippen LogP contribution is -2.46. The van der Waals surface area contributed by atoms with Crippen molar-refractivity contribution >= 4 is 12.0 Å². The lowest BCUT2D eigenvalue weighted by molar-refractivity contribution is -0.151. The van der Waals surface area contributed by atoms with Crippen LogP contribution < -0.4 is 10.6 Å². The minimum absolute atomic E-state index is 0.0153. The first-order valence-corrected chi connectivity index (χ1v) is 12.2. The highest BCUT2D eigenvalue weighted by molar-refractivity contribution is 5.79. The van der Waals surface area contributed by atoms with Gasteiger partial charge in [0.15, 0.2) is 0 Å². The van der Waals surface area contributed by atoms with Crippen molar-refractivity contribution in [1.82, 2.24) is 15.5 Å². The second-order valence-corrected chi connectivity index (χ2v) is 9.44. The molecular formula is C25H37N3O3. The lowest BCUT2D eigenvalue weighted by atomic mass is 9.84. The maximum atomic E-state index is 12.9. The summed E-state index contributed by atoms with van der Waals surface area (Å²) in [5.41, 5.74) is 0.612. The van der Waals surface area contributed by atoms with Crippen molar-refractivity contribution in [2.75, 3.05) is 26.2 Å². The summed E-state index contributed by atoms with van der Waals surface area (Å²) in [6.07, 6.45) is 9.86. The predicted octanol–water partition coefficient (Wildman–Crippen LogP) is 3.95. The molecule has 1 atom stereocenters. The van der Waals surface area contributed by atoms with Crippen LogP contribution >= 0.6 is 0 Å². The normalized spacial score (nSPS) is 25.4. The van der Waals surface area contributed by atoms with Crippen LogP contribution in [0, 0.1) is 5.92 Å². The van der Waals surface area contributed by atoms with Gasteiger partial charge in [-0.1, -0.05) is 36.8 Å². The van der Waals surface area contributed by atoms with Gasteiger partial charge >= 0.3 is 12.0 Å². The van der Waals surface area contributed by atoms with E-state index in [0.29, 0.717) is 25.3 Å². The summed E-state index contributed by atoms with van der Waals surface area (Å²) in [6.45, 7) is 3.39. The number of amides is 2. The van der Waals surface area contributed by atoms with E-state index in [2.05, 4.69) is 22.8 Å². The molecule has 170 valence electrons. The number of piperidine rings is 1. The average Bonchev–Trinajstić information content (AvgIpc) is 3.14. The van der Waals surface area contributed by atoms with Crippen LogP contribution in [0.4, 0.5) is 4.79 Å². The van der Waals surface area contributed by atoms with Crippen LogP contribution in [0.3, 0.4) is 0 Å². The minimum atomic E-state index is -0.489. The summed E-state index contributed by atoms with van der Waals surface area (Å²) in [6, 6.07) is 10.2. The van der Waals surface area contributed by atoms with Crippen LogP contribution in [0.15, 0.2) is 30.3 Å². The number of ether oxygens (including phenoxy) is 1. The second-order valence-electron chi connectivity index (χ2n) is 9.44. The number of hydrogen-bond acceptors (Lipinski definition) is 4. The van der Waals surface area contributed by atoms with Gasteiger partial charge in [0, 0.05) is 19.5 Å². The van der Waals surface area contributed by atoms with Gasteiger partial charge in [0.25, 0.3) is 0 Å². The molecule has 4 rings (SSSR count). The molecule has 6 heteroatoms. The van der Waals surface area contributed by atoms with Crippen molar-refractivity contribution in [1.29, 1.82) is 0 Å². The first-order chi connectivity index (χ1) is 15.2.